The summed E-state index contributed by atoms with van der Waals surface area (Å²) in [6.45, 7) is 5.84. The molecule has 1 aromatic carbocycles. The van der Waals surface area contributed by atoms with Crippen molar-refractivity contribution in [1.82, 2.24) is 4.90 Å². The smallest absolute Gasteiger partial charge is 0.269 e. The van der Waals surface area contributed by atoms with E-state index in [9.17, 15) is 15.2 Å². The van der Waals surface area contributed by atoms with Gasteiger partial charge >= 0.3 is 0 Å². The number of benzene rings is 1. The van der Waals surface area contributed by atoms with E-state index in [-0.39, 0.29) is 17.8 Å². The predicted octanol–water partition coefficient (Wildman–Crippen LogP) is 1.74. The number of rotatable bonds is 4. The fourth-order valence-corrected chi connectivity index (χ4v) is 2.55. The molecule has 1 saturated heterocycles. The van der Waals surface area contributed by atoms with Gasteiger partial charge in [0.2, 0.25) is 0 Å². The van der Waals surface area contributed by atoms with Gasteiger partial charge in [-0.2, -0.15) is 0 Å². The molecule has 110 valence electrons. The second-order valence-corrected chi connectivity index (χ2v) is 5.30. The third-order valence-corrected chi connectivity index (χ3v) is 3.70. The number of nitro benzene ring substituents is 1. The maximum absolute atomic E-state index is 10.8. The SMILES string of the molecule is CC1COCC(C)N1CC(O)c1cccc([N+](=O)[O-])c1. The van der Waals surface area contributed by atoms with Crippen molar-refractivity contribution in [3.63, 3.8) is 0 Å². The molecule has 1 N–H and O–H groups in total. The second-order valence-electron chi connectivity index (χ2n) is 5.30. The van der Waals surface area contributed by atoms with Crippen LogP contribution in [-0.2, 0) is 4.74 Å². The number of nitro groups is 1. The van der Waals surface area contributed by atoms with Crippen LogP contribution in [0.1, 0.15) is 25.5 Å². The highest BCUT2D eigenvalue weighted by atomic mass is 16.6. The lowest BCUT2D eigenvalue weighted by Gasteiger charge is -2.39. The van der Waals surface area contributed by atoms with Gasteiger partial charge in [-0.05, 0) is 19.4 Å². The van der Waals surface area contributed by atoms with Gasteiger partial charge in [0.1, 0.15) is 0 Å². The summed E-state index contributed by atoms with van der Waals surface area (Å²) in [5.74, 6) is 0. The summed E-state index contributed by atoms with van der Waals surface area (Å²) < 4.78 is 5.45. The van der Waals surface area contributed by atoms with Crippen LogP contribution in [0.5, 0.6) is 0 Å². The zero-order valence-corrected chi connectivity index (χ0v) is 11.7. The van der Waals surface area contributed by atoms with Crippen molar-refractivity contribution in [2.45, 2.75) is 32.0 Å². The summed E-state index contributed by atoms with van der Waals surface area (Å²) in [7, 11) is 0. The predicted molar refractivity (Wildman–Crippen MR) is 74.5 cm³/mol. The lowest BCUT2D eigenvalue weighted by molar-refractivity contribution is -0.385. The molecule has 0 aromatic heterocycles. The van der Waals surface area contributed by atoms with Gasteiger partial charge in [0.05, 0.1) is 24.2 Å². The van der Waals surface area contributed by atoms with Crippen LogP contribution in [0.25, 0.3) is 0 Å². The lowest BCUT2D eigenvalue weighted by atomic mass is 10.1. The van der Waals surface area contributed by atoms with Gasteiger partial charge in [-0.3, -0.25) is 15.0 Å². The summed E-state index contributed by atoms with van der Waals surface area (Å²) >= 11 is 0. The molecule has 0 saturated carbocycles. The monoisotopic (exact) mass is 280 g/mol. The first kappa shape index (κ1) is 14.9. The number of nitrogens with zero attached hydrogens (tertiary/aromatic N) is 2. The maximum Gasteiger partial charge on any atom is 0.269 e. The van der Waals surface area contributed by atoms with Crippen molar-refractivity contribution in [1.29, 1.82) is 0 Å². The first-order valence-corrected chi connectivity index (χ1v) is 6.75. The van der Waals surface area contributed by atoms with E-state index in [1.165, 1.54) is 12.1 Å². The molecule has 0 bridgehead atoms. The number of morpholine rings is 1. The molecule has 1 aliphatic heterocycles. The van der Waals surface area contributed by atoms with E-state index in [0.717, 1.165) is 0 Å². The van der Waals surface area contributed by atoms with Crippen molar-refractivity contribution in [3.05, 3.63) is 39.9 Å². The Hall–Kier alpha value is -1.50. The fourth-order valence-electron chi connectivity index (χ4n) is 2.55. The minimum Gasteiger partial charge on any atom is -0.387 e. The summed E-state index contributed by atoms with van der Waals surface area (Å²) in [5.41, 5.74) is 0.578. The molecule has 1 aliphatic rings. The van der Waals surface area contributed by atoms with Crippen molar-refractivity contribution in [2.24, 2.45) is 0 Å². The third kappa shape index (κ3) is 3.33. The van der Waals surface area contributed by atoms with Crippen molar-refractivity contribution in [3.8, 4) is 0 Å². The summed E-state index contributed by atoms with van der Waals surface area (Å²) in [6.07, 6.45) is -0.738. The average molecular weight is 280 g/mol. The number of hydrogen-bond acceptors (Lipinski definition) is 5. The average Bonchev–Trinajstić information content (AvgIpc) is 2.43. The zero-order valence-electron chi connectivity index (χ0n) is 11.7. The number of aliphatic hydroxyl groups excluding tert-OH is 1. The zero-order chi connectivity index (χ0) is 14.7. The Morgan fingerprint density at radius 3 is 2.70 bits per heavy atom. The molecular weight excluding hydrogens is 260 g/mol. The molecule has 0 amide bonds. The van der Waals surface area contributed by atoms with E-state index in [0.29, 0.717) is 25.3 Å². The van der Waals surface area contributed by atoms with Crippen LogP contribution in [0.4, 0.5) is 5.69 Å². The normalized spacial score (nSPS) is 25.4. The molecule has 6 heteroatoms. The lowest BCUT2D eigenvalue weighted by Crippen LogP contribution is -2.50. The van der Waals surface area contributed by atoms with Crippen LogP contribution in [0.15, 0.2) is 24.3 Å². The van der Waals surface area contributed by atoms with Gasteiger partial charge in [0.25, 0.3) is 5.69 Å². The van der Waals surface area contributed by atoms with E-state index in [1.807, 2.05) is 0 Å². The molecule has 20 heavy (non-hydrogen) atoms. The van der Waals surface area contributed by atoms with E-state index < -0.39 is 11.0 Å². The number of hydrogen-bond donors (Lipinski definition) is 1. The molecule has 3 atom stereocenters. The van der Waals surface area contributed by atoms with E-state index in [2.05, 4.69) is 18.7 Å². The molecule has 0 spiro atoms. The Labute approximate surface area is 118 Å². The third-order valence-electron chi connectivity index (χ3n) is 3.70. The van der Waals surface area contributed by atoms with Crippen molar-refractivity contribution in [2.75, 3.05) is 19.8 Å². The van der Waals surface area contributed by atoms with Crippen molar-refractivity contribution >= 4 is 5.69 Å². The van der Waals surface area contributed by atoms with Gasteiger partial charge in [-0.1, -0.05) is 12.1 Å². The van der Waals surface area contributed by atoms with Crippen LogP contribution < -0.4 is 0 Å². The summed E-state index contributed by atoms with van der Waals surface area (Å²) in [5, 5.41) is 21.1. The summed E-state index contributed by atoms with van der Waals surface area (Å²) in [4.78, 5) is 12.5. The largest absolute Gasteiger partial charge is 0.387 e. The van der Waals surface area contributed by atoms with Crippen molar-refractivity contribution < 1.29 is 14.8 Å². The topological polar surface area (TPSA) is 75.8 Å². The van der Waals surface area contributed by atoms with E-state index in [1.54, 1.807) is 12.1 Å². The molecule has 1 aromatic rings. The van der Waals surface area contributed by atoms with Gasteiger partial charge in [-0.25, -0.2) is 0 Å². The molecule has 2 rings (SSSR count). The molecule has 0 aliphatic carbocycles. The van der Waals surface area contributed by atoms with Crippen LogP contribution >= 0.6 is 0 Å². The van der Waals surface area contributed by atoms with E-state index >= 15 is 0 Å². The number of ether oxygens (including phenoxy) is 1. The number of aliphatic hydroxyl groups is 1. The van der Waals surface area contributed by atoms with E-state index in [4.69, 9.17) is 4.74 Å². The Morgan fingerprint density at radius 1 is 1.45 bits per heavy atom. The van der Waals surface area contributed by atoms with Crippen LogP contribution in [0, 0.1) is 10.1 Å². The van der Waals surface area contributed by atoms with Crippen LogP contribution in [-0.4, -0.2) is 46.8 Å². The fraction of sp³-hybridized carbons (Fsp3) is 0.571. The Balaban J connectivity index is 2.09. The highest BCUT2D eigenvalue weighted by molar-refractivity contribution is 5.35. The Morgan fingerprint density at radius 2 is 2.10 bits per heavy atom. The standard InChI is InChI=1S/C14H20N2O4/c1-10-8-20-9-11(2)15(10)7-14(17)12-4-3-5-13(6-12)16(18)19/h3-6,10-11,14,17H,7-9H2,1-2H3. The van der Waals surface area contributed by atoms with Gasteiger partial charge in [-0.15, -0.1) is 0 Å². The molecule has 1 heterocycles. The molecule has 6 nitrogen and oxygen atoms in total. The maximum atomic E-state index is 10.8. The molecule has 1 fully saturated rings. The molecule has 0 radical (unpaired) electrons. The van der Waals surface area contributed by atoms with Crippen LogP contribution in [0.3, 0.4) is 0 Å². The quantitative estimate of drug-likeness (QED) is 0.671. The Kier molecular flexibility index (Phi) is 4.69. The number of β-amino-alcohol motifs (C(OH)–C–C–N with tert-alkyl or cyclic N) is 1. The minimum absolute atomic E-state index is 0.00428. The summed E-state index contributed by atoms with van der Waals surface area (Å²) in [6, 6.07) is 6.63. The van der Waals surface area contributed by atoms with Crippen LogP contribution in [0.2, 0.25) is 0 Å². The highest BCUT2D eigenvalue weighted by Gasteiger charge is 2.27. The second kappa shape index (κ2) is 6.30. The molecular formula is C14H20N2O4. The first-order valence-electron chi connectivity index (χ1n) is 6.75. The first-order chi connectivity index (χ1) is 9.49. The van der Waals surface area contributed by atoms with Gasteiger partial charge in [0.15, 0.2) is 0 Å². The van der Waals surface area contributed by atoms with Gasteiger partial charge in [0, 0.05) is 30.8 Å². The number of non-ortho nitro benzene ring substituents is 1. The molecule has 3 unspecified atom stereocenters. The highest BCUT2D eigenvalue weighted by Crippen LogP contribution is 2.23. The van der Waals surface area contributed by atoms with Gasteiger partial charge < -0.3 is 9.84 Å². The minimum atomic E-state index is -0.738. The Bertz CT molecular complexity index is 470.